The van der Waals surface area contributed by atoms with Gasteiger partial charge in [-0.15, -0.1) is 0 Å². The van der Waals surface area contributed by atoms with E-state index in [-0.39, 0.29) is 11.8 Å². The van der Waals surface area contributed by atoms with Crippen LogP contribution in [0.3, 0.4) is 0 Å². The second-order valence-corrected chi connectivity index (χ2v) is 7.75. The van der Waals surface area contributed by atoms with Gasteiger partial charge in [-0.1, -0.05) is 26.0 Å². The topological polar surface area (TPSA) is 61.6 Å². The van der Waals surface area contributed by atoms with Crippen LogP contribution in [-0.4, -0.2) is 55.6 Å². The number of amides is 1. The summed E-state index contributed by atoms with van der Waals surface area (Å²) < 4.78 is 5.84. The van der Waals surface area contributed by atoms with Crippen LogP contribution in [0.15, 0.2) is 28.7 Å². The van der Waals surface area contributed by atoms with Crippen LogP contribution in [0, 0.1) is 11.8 Å². The van der Waals surface area contributed by atoms with E-state index >= 15 is 0 Å². The average Bonchev–Trinajstić information content (AvgIpc) is 3.05. The molecule has 6 heteroatoms. The molecule has 6 nitrogen and oxygen atoms in total. The second-order valence-electron chi connectivity index (χ2n) is 7.75. The molecule has 1 N–H and O–H groups in total. The maximum absolute atomic E-state index is 12.5. The first-order valence-corrected chi connectivity index (χ1v) is 9.50. The molecule has 0 bridgehead atoms. The molecular weight excluding hydrogens is 328 g/mol. The second kappa shape index (κ2) is 8.08. The Morgan fingerprint density at radius 1 is 1.31 bits per heavy atom. The largest absolute Gasteiger partial charge is 0.423 e. The van der Waals surface area contributed by atoms with E-state index < -0.39 is 0 Å². The summed E-state index contributed by atoms with van der Waals surface area (Å²) in [5, 5.41) is 3.15. The number of hydrogen-bond donors (Lipinski definition) is 1. The first-order chi connectivity index (χ1) is 12.5. The highest BCUT2D eigenvalue weighted by Gasteiger charge is 2.28. The fraction of sp³-hybridized carbons (Fsp3) is 0.600. The van der Waals surface area contributed by atoms with E-state index in [4.69, 9.17) is 4.42 Å². The molecule has 1 aromatic heterocycles. The molecule has 1 aromatic carbocycles. The molecule has 1 aliphatic heterocycles. The lowest BCUT2D eigenvalue weighted by Crippen LogP contribution is -2.46. The molecule has 0 spiro atoms. The van der Waals surface area contributed by atoms with E-state index in [1.807, 2.05) is 24.3 Å². The number of carbonyl (C=O) groups excluding carboxylic acids is 1. The zero-order valence-corrected chi connectivity index (χ0v) is 16.2. The highest BCUT2D eigenvalue weighted by Crippen LogP contribution is 2.26. The van der Waals surface area contributed by atoms with Crippen molar-refractivity contribution in [3.8, 4) is 0 Å². The molecule has 3 rings (SSSR count). The molecular formula is C20H30N4O2. The summed E-state index contributed by atoms with van der Waals surface area (Å²) in [5.74, 6) is 0.756. The van der Waals surface area contributed by atoms with Crippen molar-refractivity contribution >= 4 is 23.0 Å². The number of piperidine rings is 1. The minimum atomic E-state index is 0.0746. The summed E-state index contributed by atoms with van der Waals surface area (Å²) in [4.78, 5) is 21.4. The van der Waals surface area contributed by atoms with Crippen molar-refractivity contribution in [3.63, 3.8) is 0 Å². The molecule has 0 radical (unpaired) electrons. The molecule has 0 saturated carbocycles. The summed E-state index contributed by atoms with van der Waals surface area (Å²) in [6.45, 7) is 6.68. The van der Waals surface area contributed by atoms with Gasteiger partial charge in [0.1, 0.15) is 5.52 Å². The van der Waals surface area contributed by atoms with Gasteiger partial charge in [0.05, 0.1) is 0 Å². The highest BCUT2D eigenvalue weighted by molar-refractivity contribution is 5.79. The predicted octanol–water partition coefficient (Wildman–Crippen LogP) is 2.75. The Hall–Kier alpha value is -2.08. The smallest absolute Gasteiger partial charge is 0.298 e. The monoisotopic (exact) mass is 358 g/mol. The Bertz CT molecular complexity index is 691. The number of para-hydroxylation sites is 2. The standard InChI is InChI=1S/C20H30N4O2/c1-14(2)17(23(3)4)13-21-19(25)15-9-11-24(12-10-15)20-22-16-7-5-6-8-18(16)26-20/h5-8,14-15,17H,9-13H2,1-4H3,(H,21,25). The van der Waals surface area contributed by atoms with Gasteiger partial charge in [0.2, 0.25) is 5.91 Å². The Morgan fingerprint density at radius 3 is 2.62 bits per heavy atom. The molecule has 1 unspecified atom stereocenters. The van der Waals surface area contributed by atoms with Crippen molar-refractivity contribution < 1.29 is 9.21 Å². The van der Waals surface area contributed by atoms with Gasteiger partial charge < -0.3 is 19.5 Å². The minimum Gasteiger partial charge on any atom is -0.423 e. The molecule has 2 aromatic rings. The predicted molar refractivity (Wildman–Crippen MR) is 104 cm³/mol. The first-order valence-electron chi connectivity index (χ1n) is 9.50. The van der Waals surface area contributed by atoms with Crippen molar-refractivity contribution in [2.24, 2.45) is 11.8 Å². The molecule has 2 heterocycles. The molecule has 142 valence electrons. The summed E-state index contributed by atoms with van der Waals surface area (Å²) in [6.07, 6.45) is 1.66. The number of rotatable bonds is 6. The lowest BCUT2D eigenvalue weighted by Gasteiger charge is -2.32. The highest BCUT2D eigenvalue weighted by atomic mass is 16.4. The zero-order valence-electron chi connectivity index (χ0n) is 16.2. The van der Waals surface area contributed by atoms with Gasteiger partial charge in [0, 0.05) is 31.6 Å². The molecule has 1 atom stereocenters. The van der Waals surface area contributed by atoms with E-state index in [0.717, 1.165) is 37.0 Å². The van der Waals surface area contributed by atoms with Crippen molar-refractivity contribution in [2.45, 2.75) is 32.7 Å². The van der Waals surface area contributed by atoms with Gasteiger partial charge in [-0.2, -0.15) is 4.98 Å². The first kappa shape index (κ1) is 18.7. The van der Waals surface area contributed by atoms with E-state index in [2.05, 4.69) is 48.0 Å². The van der Waals surface area contributed by atoms with Gasteiger partial charge in [-0.05, 0) is 45.0 Å². The fourth-order valence-corrected chi connectivity index (χ4v) is 3.69. The number of oxazole rings is 1. The van der Waals surface area contributed by atoms with Crippen molar-refractivity contribution in [1.82, 2.24) is 15.2 Å². The summed E-state index contributed by atoms with van der Waals surface area (Å²) >= 11 is 0. The normalized spacial score (nSPS) is 17.2. The lowest BCUT2D eigenvalue weighted by atomic mass is 9.95. The Morgan fingerprint density at radius 2 is 2.00 bits per heavy atom. The third kappa shape index (κ3) is 4.18. The van der Waals surface area contributed by atoms with E-state index in [1.165, 1.54) is 0 Å². The van der Waals surface area contributed by atoms with Crippen LogP contribution in [0.2, 0.25) is 0 Å². The molecule has 1 fully saturated rings. The van der Waals surface area contributed by atoms with Crippen molar-refractivity contribution in [2.75, 3.05) is 38.6 Å². The maximum Gasteiger partial charge on any atom is 0.298 e. The molecule has 1 aliphatic rings. The van der Waals surface area contributed by atoms with Crippen LogP contribution in [0.1, 0.15) is 26.7 Å². The summed E-state index contributed by atoms with van der Waals surface area (Å²) in [6, 6.07) is 8.83. The van der Waals surface area contributed by atoms with E-state index in [0.29, 0.717) is 24.5 Å². The SMILES string of the molecule is CC(C)C(CNC(=O)C1CCN(c2nc3ccccc3o2)CC1)N(C)C. The van der Waals surface area contributed by atoms with Crippen LogP contribution >= 0.6 is 0 Å². The quantitative estimate of drug-likeness (QED) is 0.860. The van der Waals surface area contributed by atoms with E-state index in [9.17, 15) is 4.79 Å². The van der Waals surface area contributed by atoms with Crippen LogP contribution in [0.5, 0.6) is 0 Å². The summed E-state index contributed by atoms with van der Waals surface area (Å²) in [5.41, 5.74) is 1.69. The number of anilines is 1. The van der Waals surface area contributed by atoms with Gasteiger partial charge in [0.25, 0.3) is 6.01 Å². The maximum atomic E-state index is 12.5. The number of likely N-dealkylation sites (N-methyl/N-ethyl adjacent to an activating group) is 1. The Balaban J connectivity index is 1.52. The molecule has 1 amide bonds. The molecule has 1 saturated heterocycles. The minimum absolute atomic E-state index is 0.0746. The number of hydrogen-bond acceptors (Lipinski definition) is 5. The Kier molecular flexibility index (Phi) is 5.81. The van der Waals surface area contributed by atoms with E-state index in [1.54, 1.807) is 0 Å². The third-order valence-electron chi connectivity index (χ3n) is 5.34. The van der Waals surface area contributed by atoms with Crippen molar-refractivity contribution in [1.29, 1.82) is 0 Å². The van der Waals surface area contributed by atoms with Gasteiger partial charge in [0.15, 0.2) is 5.58 Å². The number of carbonyl (C=O) groups is 1. The van der Waals surface area contributed by atoms with Gasteiger partial charge >= 0.3 is 0 Å². The number of nitrogens with zero attached hydrogens (tertiary/aromatic N) is 3. The van der Waals surface area contributed by atoms with Crippen molar-refractivity contribution in [3.05, 3.63) is 24.3 Å². The molecule has 26 heavy (non-hydrogen) atoms. The fourth-order valence-electron chi connectivity index (χ4n) is 3.69. The average molecular weight is 358 g/mol. The van der Waals surface area contributed by atoms with Crippen LogP contribution < -0.4 is 10.2 Å². The third-order valence-corrected chi connectivity index (χ3v) is 5.34. The van der Waals surface area contributed by atoms with Gasteiger partial charge in [-0.3, -0.25) is 4.79 Å². The number of nitrogens with one attached hydrogen (secondary N) is 1. The lowest BCUT2D eigenvalue weighted by molar-refractivity contribution is -0.125. The van der Waals surface area contributed by atoms with Crippen LogP contribution in [0.25, 0.3) is 11.1 Å². The molecule has 0 aliphatic carbocycles. The van der Waals surface area contributed by atoms with Gasteiger partial charge in [-0.25, -0.2) is 0 Å². The van der Waals surface area contributed by atoms with Crippen LogP contribution in [0.4, 0.5) is 6.01 Å². The summed E-state index contributed by atoms with van der Waals surface area (Å²) in [7, 11) is 4.13. The number of benzene rings is 1. The number of fused-ring (bicyclic) bond motifs is 1. The number of aromatic nitrogens is 1. The van der Waals surface area contributed by atoms with Crippen LogP contribution in [-0.2, 0) is 4.79 Å². The Labute approximate surface area is 155 Å². The zero-order chi connectivity index (χ0) is 18.7.